The Labute approximate surface area is 183 Å². The van der Waals surface area contributed by atoms with Crippen LogP contribution >= 0.6 is 0 Å². The highest BCUT2D eigenvalue weighted by atomic mass is 16.4. The maximum atomic E-state index is 8.49. The van der Waals surface area contributed by atoms with Crippen molar-refractivity contribution in [3.8, 4) is 0 Å². The predicted molar refractivity (Wildman–Crippen MR) is 120 cm³/mol. The minimum absolute atomic E-state index is 0.312. The number of aryl methyl sites for hydroxylation is 2. The van der Waals surface area contributed by atoms with Crippen molar-refractivity contribution in [3.05, 3.63) is 59.2 Å². The second-order valence-corrected chi connectivity index (χ2v) is 9.31. The molecule has 4 heterocycles. The molecule has 2 aromatic heterocycles. The standard InChI is InChI=1S/C12H15N3O.C12H13N3/c1-8-2-3-12(13-4-8)15-6-10-9(5-14-16)11(10)7-15;1-8-3-4-11(14-5-8)15-6-9-10(7-15)12(9)13-2/h2-5,9-11,16H,6-7H2,1H3;3-5,9-10,12H,6-7H2,1H3/b14-5+;/t9?,10-,11+;9-,10+,12?. The van der Waals surface area contributed by atoms with E-state index in [1.807, 2.05) is 26.2 Å². The van der Waals surface area contributed by atoms with Crippen LogP contribution in [0.25, 0.3) is 4.85 Å². The summed E-state index contributed by atoms with van der Waals surface area (Å²) in [7, 11) is 0. The third kappa shape index (κ3) is 3.83. The first-order valence-corrected chi connectivity index (χ1v) is 11.0. The van der Waals surface area contributed by atoms with Gasteiger partial charge >= 0.3 is 0 Å². The number of pyridine rings is 2. The van der Waals surface area contributed by atoms with Crippen molar-refractivity contribution >= 4 is 17.9 Å². The van der Waals surface area contributed by atoms with Crippen LogP contribution in [0, 0.1) is 50.0 Å². The van der Waals surface area contributed by atoms with Gasteiger partial charge < -0.3 is 19.9 Å². The summed E-state index contributed by atoms with van der Waals surface area (Å²) in [6, 6.07) is 8.66. The van der Waals surface area contributed by atoms with Crippen molar-refractivity contribution in [2.24, 2.45) is 34.7 Å². The Morgan fingerprint density at radius 2 is 1.39 bits per heavy atom. The largest absolute Gasteiger partial charge is 0.411 e. The van der Waals surface area contributed by atoms with E-state index in [9.17, 15) is 0 Å². The van der Waals surface area contributed by atoms with E-state index in [1.165, 1.54) is 11.1 Å². The van der Waals surface area contributed by atoms with Crippen LogP contribution in [0.2, 0.25) is 0 Å². The zero-order valence-corrected chi connectivity index (χ0v) is 18.0. The van der Waals surface area contributed by atoms with E-state index in [4.69, 9.17) is 11.8 Å². The van der Waals surface area contributed by atoms with Crippen molar-refractivity contribution in [3.63, 3.8) is 0 Å². The van der Waals surface area contributed by atoms with Crippen molar-refractivity contribution in [2.75, 3.05) is 36.0 Å². The Hall–Kier alpha value is -3.14. The first-order valence-electron chi connectivity index (χ1n) is 11.0. The number of anilines is 2. The van der Waals surface area contributed by atoms with E-state index < -0.39 is 0 Å². The van der Waals surface area contributed by atoms with E-state index in [-0.39, 0.29) is 0 Å². The second kappa shape index (κ2) is 7.84. The molecule has 7 heteroatoms. The Balaban J connectivity index is 0.000000132. The molecule has 160 valence electrons. The highest BCUT2D eigenvalue weighted by Crippen LogP contribution is 2.51. The van der Waals surface area contributed by atoms with Gasteiger partial charge in [-0.05, 0) is 48.9 Å². The van der Waals surface area contributed by atoms with Crippen LogP contribution in [0.15, 0.2) is 41.8 Å². The van der Waals surface area contributed by atoms with Crippen LogP contribution in [0.1, 0.15) is 11.1 Å². The predicted octanol–water partition coefficient (Wildman–Crippen LogP) is 3.28. The molecule has 2 aromatic rings. The van der Waals surface area contributed by atoms with Crippen LogP contribution in [-0.4, -0.2) is 53.6 Å². The fraction of sp³-hybridized carbons (Fsp3) is 0.500. The summed E-state index contributed by atoms with van der Waals surface area (Å²) >= 11 is 0. The molecule has 6 rings (SSSR count). The van der Waals surface area contributed by atoms with E-state index >= 15 is 0 Å². The van der Waals surface area contributed by atoms with E-state index in [2.05, 4.69) is 54.0 Å². The molecule has 2 saturated heterocycles. The first-order chi connectivity index (χ1) is 15.1. The van der Waals surface area contributed by atoms with Crippen molar-refractivity contribution < 1.29 is 5.21 Å². The monoisotopic (exact) mass is 416 g/mol. The zero-order valence-electron chi connectivity index (χ0n) is 18.0. The highest BCUT2D eigenvalue weighted by molar-refractivity contribution is 5.67. The summed E-state index contributed by atoms with van der Waals surface area (Å²) in [6.07, 6.45) is 5.49. The number of piperidine rings is 2. The van der Waals surface area contributed by atoms with E-state index in [1.54, 1.807) is 6.21 Å². The number of hydrogen-bond donors (Lipinski definition) is 1. The van der Waals surface area contributed by atoms with Crippen LogP contribution in [0.3, 0.4) is 0 Å². The molecule has 0 bridgehead atoms. The molecule has 2 saturated carbocycles. The molecular formula is C24H28N6O. The molecule has 1 N–H and O–H groups in total. The third-order valence-corrected chi connectivity index (χ3v) is 7.24. The number of fused-ring (bicyclic) bond motifs is 2. The second-order valence-electron chi connectivity index (χ2n) is 9.31. The average molecular weight is 417 g/mol. The fourth-order valence-electron chi connectivity index (χ4n) is 5.23. The Kier molecular flexibility index (Phi) is 5.01. The molecule has 31 heavy (non-hydrogen) atoms. The van der Waals surface area contributed by atoms with Gasteiger partial charge in [-0.1, -0.05) is 12.1 Å². The lowest BCUT2D eigenvalue weighted by molar-refractivity contribution is 0.319. The molecule has 2 aliphatic heterocycles. The van der Waals surface area contributed by atoms with E-state index in [0.29, 0.717) is 35.6 Å². The Morgan fingerprint density at radius 1 is 0.903 bits per heavy atom. The van der Waals surface area contributed by atoms with Gasteiger partial charge in [-0.3, -0.25) is 0 Å². The van der Waals surface area contributed by atoms with Crippen molar-refractivity contribution in [1.29, 1.82) is 0 Å². The van der Waals surface area contributed by atoms with Gasteiger partial charge in [0.15, 0.2) is 0 Å². The lowest BCUT2D eigenvalue weighted by Crippen LogP contribution is -2.25. The number of rotatable bonds is 3. The molecule has 2 unspecified atom stereocenters. The summed E-state index contributed by atoms with van der Waals surface area (Å²) in [4.78, 5) is 17.1. The Morgan fingerprint density at radius 3 is 1.77 bits per heavy atom. The van der Waals surface area contributed by atoms with Gasteiger partial charge in [0.05, 0.1) is 11.8 Å². The van der Waals surface area contributed by atoms with Gasteiger partial charge in [-0.25, -0.2) is 16.5 Å². The molecule has 0 aromatic carbocycles. The van der Waals surface area contributed by atoms with E-state index in [0.717, 1.165) is 37.8 Å². The molecule has 0 spiro atoms. The first kappa shape index (κ1) is 19.8. The van der Waals surface area contributed by atoms with Gasteiger partial charge in [0, 0.05) is 50.7 Å². The molecule has 4 aliphatic rings. The summed E-state index contributed by atoms with van der Waals surface area (Å²) < 4.78 is 0. The molecule has 0 radical (unpaired) electrons. The molecular weight excluding hydrogens is 388 g/mol. The maximum Gasteiger partial charge on any atom is 0.233 e. The number of oxime groups is 1. The lowest BCUT2D eigenvalue weighted by atomic mass is 10.2. The number of nitrogens with zero attached hydrogens (tertiary/aromatic N) is 6. The molecule has 0 amide bonds. The summed E-state index contributed by atoms with van der Waals surface area (Å²) in [5.74, 6) is 5.19. The minimum atomic E-state index is 0.312. The average Bonchev–Trinajstić information content (AvgIpc) is 3.44. The van der Waals surface area contributed by atoms with Crippen molar-refractivity contribution in [2.45, 2.75) is 19.9 Å². The van der Waals surface area contributed by atoms with Gasteiger partial charge in [-0.2, -0.15) is 0 Å². The fourth-order valence-corrected chi connectivity index (χ4v) is 5.23. The normalized spacial score (nSPS) is 32.2. The smallest absolute Gasteiger partial charge is 0.233 e. The van der Waals surface area contributed by atoms with Gasteiger partial charge in [0.1, 0.15) is 11.6 Å². The minimum Gasteiger partial charge on any atom is -0.411 e. The van der Waals surface area contributed by atoms with Gasteiger partial charge in [-0.15, -0.1) is 5.16 Å². The highest BCUT2D eigenvalue weighted by Gasteiger charge is 2.62. The van der Waals surface area contributed by atoms with Crippen LogP contribution in [0.5, 0.6) is 0 Å². The number of aromatic nitrogens is 2. The van der Waals surface area contributed by atoms with Crippen LogP contribution in [0.4, 0.5) is 11.6 Å². The number of hydrogen-bond acceptors (Lipinski definition) is 6. The maximum absolute atomic E-state index is 8.49. The third-order valence-electron chi connectivity index (χ3n) is 7.24. The van der Waals surface area contributed by atoms with Gasteiger partial charge in [0.25, 0.3) is 0 Å². The molecule has 2 aliphatic carbocycles. The van der Waals surface area contributed by atoms with Crippen LogP contribution < -0.4 is 9.80 Å². The van der Waals surface area contributed by atoms with Gasteiger partial charge in [0.2, 0.25) is 6.04 Å². The Bertz CT molecular complexity index is 974. The topological polar surface area (TPSA) is 69.2 Å². The molecule has 4 fully saturated rings. The SMILES string of the molecule is Cc1ccc(N2C[C@@H]3C(/C=N/O)[C@@H]3C2)nc1.[C-]#[N+]C1[C@H]2CN(c3ccc(C)cn3)C[C@@H]12. The van der Waals surface area contributed by atoms with Crippen molar-refractivity contribution in [1.82, 2.24) is 9.97 Å². The summed E-state index contributed by atoms with van der Waals surface area (Å²) in [5.41, 5.74) is 2.39. The molecule has 6 atom stereocenters. The quantitative estimate of drug-likeness (QED) is 0.360. The zero-order chi connectivity index (χ0) is 21.5. The van der Waals surface area contributed by atoms with Crippen LogP contribution in [-0.2, 0) is 0 Å². The molecule has 7 nitrogen and oxygen atoms in total. The lowest BCUT2D eigenvalue weighted by Gasteiger charge is -2.19. The summed E-state index contributed by atoms with van der Waals surface area (Å²) in [6.45, 7) is 15.2. The summed E-state index contributed by atoms with van der Waals surface area (Å²) in [5, 5.41) is 11.6.